The van der Waals surface area contributed by atoms with E-state index in [4.69, 9.17) is 10.3 Å². The number of anilines is 1. The smallest absolute Gasteiger partial charge is 0.199 e. The van der Waals surface area contributed by atoms with E-state index < -0.39 is 0 Å². The fourth-order valence-electron chi connectivity index (χ4n) is 1.78. The number of hydrogen-bond acceptors (Lipinski definition) is 6. The Hall–Kier alpha value is -2.19. The van der Waals surface area contributed by atoms with Crippen LogP contribution in [-0.2, 0) is 7.05 Å². The van der Waals surface area contributed by atoms with Crippen LogP contribution in [0, 0.1) is 0 Å². The summed E-state index contributed by atoms with van der Waals surface area (Å²) in [5, 5.41) is 4.13. The number of furan rings is 1. The van der Waals surface area contributed by atoms with Crippen molar-refractivity contribution in [1.29, 1.82) is 0 Å². The quantitative estimate of drug-likeness (QED) is 0.563. The monoisotopic (exact) mass is 334 g/mol. The summed E-state index contributed by atoms with van der Waals surface area (Å²) in [6.07, 6.45) is 5.16. The normalized spacial score (nSPS) is 10.8. The van der Waals surface area contributed by atoms with E-state index in [9.17, 15) is 0 Å². The van der Waals surface area contributed by atoms with Crippen LogP contribution in [0.15, 0.2) is 39.7 Å². The molecule has 0 saturated carbocycles. The van der Waals surface area contributed by atoms with Crippen molar-refractivity contribution >= 4 is 21.7 Å². The van der Waals surface area contributed by atoms with E-state index in [2.05, 4.69) is 36.4 Å². The van der Waals surface area contributed by atoms with Gasteiger partial charge in [0.15, 0.2) is 11.6 Å². The number of aryl methyl sites for hydroxylation is 1. The average Bonchev–Trinajstić information content (AvgIpc) is 3.07. The van der Waals surface area contributed by atoms with Crippen molar-refractivity contribution in [3.63, 3.8) is 0 Å². The molecule has 3 rings (SSSR count). The SMILES string of the molecule is Cn1cc(-c2cc(NN)nc(-c3occc3Br)n2)cn1. The third-order valence-corrected chi connectivity index (χ3v) is 3.32. The minimum atomic E-state index is 0.441. The number of nitrogens with one attached hydrogen (secondary N) is 1. The van der Waals surface area contributed by atoms with Gasteiger partial charge in [0.2, 0.25) is 0 Å². The lowest BCUT2D eigenvalue weighted by molar-refractivity contribution is 0.576. The molecule has 0 radical (unpaired) electrons. The molecule has 3 aromatic heterocycles. The molecule has 3 N–H and O–H groups in total. The Balaban J connectivity index is 2.15. The van der Waals surface area contributed by atoms with Crippen LogP contribution in [0.3, 0.4) is 0 Å². The summed E-state index contributed by atoms with van der Waals surface area (Å²) in [5.74, 6) is 6.95. The number of hydrazine groups is 1. The highest BCUT2D eigenvalue weighted by Gasteiger charge is 2.14. The van der Waals surface area contributed by atoms with E-state index in [0.717, 1.165) is 10.0 Å². The summed E-state index contributed by atoms with van der Waals surface area (Å²) in [7, 11) is 1.84. The zero-order valence-electron chi connectivity index (χ0n) is 10.5. The van der Waals surface area contributed by atoms with E-state index in [1.54, 1.807) is 29.3 Å². The molecule has 0 amide bonds. The van der Waals surface area contributed by atoms with Crippen molar-refractivity contribution in [2.75, 3.05) is 5.43 Å². The second-order valence-electron chi connectivity index (χ2n) is 4.11. The van der Waals surface area contributed by atoms with Crippen LogP contribution in [0.5, 0.6) is 0 Å². The summed E-state index contributed by atoms with van der Waals surface area (Å²) < 4.78 is 7.87. The number of rotatable bonds is 3. The predicted molar refractivity (Wildman–Crippen MR) is 77.4 cm³/mol. The van der Waals surface area contributed by atoms with Crippen molar-refractivity contribution in [3.05, 3.63) is 35.3 Å². The summed E-state index contributed by atoms with van der Waals surface area (Å²) in [5.41, 5.74) is 4.11. The molecule has 0 bridgehead atoms. The number of nitrogen functional groups attached to an aromatic ring is 1. The van der Waals surface area contributed by atoms with Crippen molar-refractivity contribution in [1.82, 2.24) is 19.7 Å². The zero-order valence-corrected chi connectivity index (χ0v) is 12.1. The van der Waals surface area contributed by atoms with Crippen molar-refractivity contribution < 1.29 is 4.42 Å². The number of halogens is 1. The van der Waals surface area contributed by atoms with Gasteiger partial charge in [-0.1, -0.05) is 0 Å². The molecule has 0 fully saturated rings. The first kappa shape index (κ1) is 12.8. The molecule has 7 nitrogen and oxygen atoms in total. The summed E-state index contributed by atoms with van der Waals surface area (Å²) in [6.45, 7) is 0. The van der Waals surface area contributed by atoms with Gasteiger partial charge in [-0.15, -0.1) is 0 Å². The highest BCUT2D eigenvalue weighted by Crippen LogP contribution is 2.29. The molecule has 0 atom stereocenters. The molecule has 20 heavy (non-hydrogen) atoms. The van der Waals surface area contributed by atoms with Gasteiger partial charge in [-0.25, -0.2) is 15.8 Å². The molecule has 3 aromatic rings. The van der Waals surface area contributed by atoms with E-state index in [-0.39, 0.29) is 0 Å². The zero-order chi connectivity index (χ0) is 14.1. The highest BCUT2D eigenvalue weighted by atomic mass is 79.9. The van der Waals surface area contributed by atoms with Crippen LogP contribution in [-0.4, -0.2) is 19.7 Å². The number of nitrogens with zero attached hydrogens (tertiary/aromatic N) is 4. The van der Waals surface area contributed by atoms with Crippen LogP contribution in [0.1, 0.15) is 0 Å². The molecule has 0 aromatic carbocycles. The van der Waals surface area contributed by atoms with Gasteiger partial charge >= 0.3 is 0 Å². The number of hydrogen-bond donors (Lipinski definition) is 2. The lowest BCUT2D eigenvalue weighted by atomic mass is 10.2. The first-order valence-electron chi connectivity index (χ1n) is 5.75. The second-order valence-corrected chi connectivity index (χ2v) is 4.96. The van der Waals surface area contributed by atoms with Gasteiger partial charge in [0.05, 0.1) is 22.6 Å². The van der Waals surface area contributed by atoms with E-state index >= 15 is 0 Å². The first-order valence-corrected chi connectivity index (χ1v) is 6.55. The number of aromatic nitrogens is 4. The molecule has 3 heterocycles. The molecule has 0 spiro atoms. The lowest BCUT2D eigenvalue weighted by Crippen LogP contribution is -2.09. The minimum absolute atomic E-state index is 0.441. The Morgan fingerprint density at radius 3 is 2.85 bits per heavy atom. The maximum Gasteiger partial charge on any atom is 0.199 e. The molecule has 8 heteroatoms. The molecule has 0 saturated heterocycles. The van der Waals surface area contributed by atoms with Gasteiger partial charge in [0, 0.05) is 24.9 Å². The number of nitrogens with two attached hydrogens (primary N) is 1. The Labute approximate surface area is 122 Å². The van der Waals surface area contributed by atoms with Gasteiger partial charge in [0.25, 0.3) is 0 Å². The second kappa shape index (κ2) is 5.06. The molecule has 0 unspecified atom stereocenters. The average molecular weight is 335 g/mol. The molecule has 0 aliphatic heterocycles. The molecular weight excluding hydrogens is 324 g/mol. The molecule has 0 aliphatic rings. The van der Waals surface area contributed by atoms with Gasteiger partial charge in [0.1, 0.15) is 5.82 Å². The molecular formula is C12H11BrN6O. The third kappa shape index (κ3) is 2.30. The van der Waals surface area contributed by atoms with Crippen molar-refractivity contribution in [3.8, 4) is 22.8 Å². The minimum Gasteiger partial charge on any atom is -0.460 e. The van der Waals surface area contributed by atoms with Gasteiger partial charge < -0.3 is 9.84 Å². The van der Waals surface area contributed by atoms with Crippen LogP contribution >= 0.6 is 15.9 Å². The Kier molecular flexibility index (Phi) is 3.25. The van der Waals surface area contributed by atoms with Gasteiger partial charge in [-0.2, -0.15) is 5.10 Å². The predicted octanol–water partition coefficient (Wildman–Crippen LogP) is 2.19. The lowest BCUT2D eigenvalue weighted by Gasteiger charge is -2.05. The molecule has 0 aliphatic carbocycles. The Morgan fingerprint density at radius 1 is 1.40 bits per heavy atom. The van der Waals surface area contributed by atoms with Crippen molar-refractivity contribution in [2.45, 2.75) is 0 Å². The first-order chi connectivity index (χ1) is 9.67. The summed E-state index contributed by atoms with van der Waals surface area (Å²) >= 11 is 3.39. The van der Waals surface area contributed by atoms with Gasteiger partial charge in [-0.3, -0.25) is 4.68 Å². The highest BCUT2D eigenvalue weighted by molar-refractivity contribution is 9.10. The summed E-state index contributed by atoms with van der Waals surface area (Å²) in [6, 6.07) is 3.53. The molecule has 102 valence electrons. The van der Waals surface area contributed by atoms with Crippen molar-refractivity contribution in [2.24, 2.45) is 12.9 Å². The van der Waals surface area contributed by atoms with Crippen LogP contribution in [0.25, 0.3) is 22.8 Å². The third-order valence-electron chi connectivity index (χ3n) is 2.69. The van der Waals surface area contributed by atoms with E-state index in [0.29, 0.717) is 23.1 Å². The van der Waals surface area contributed by atoms with E-state index in [1.165, 1.54) is 0 Å². The largest absolute Gasteiger partial charge is 0.460 e. The van der Waals surface area contributed by atoms with Gasteiger partial charge in [-0.05, 0) is 22.0 Å². The maximum atomic E-state index is 5.46. The standard InChI is InChI=1S/C12H11BrN6O/c1-19-6-7(5-15-19)9-4-10(18-14)17-12(16-9)11-8(13)2-3-20-11/h2-6H,14H2,1H3,(H,16,17,18). The van der Waals surface area contributed by atoms with Crippen LogP contribution < -0.4 is 11.3 Å². The Bertz CT molecular complexity index is 750. The fraction of sp³-hybridized carbons (Fsp3) is 0.0833. The van der Waals surface area contributed by atoms with E-state index in [1.807, 2.05) is 13.2 Å². The maximum absolute atomic E-state index is 5.46. The fourth-order valence-corrected chi connectivity index (χ4v) is 2.16. The Morgan fingerprint density at radius 2 is 2.25 bits per heavy atom. The van der Waals surface area contributed by atoms with Crippen LogP contribution in [0.2, 0.25) is 0 Å². The topological polar surface area (TPSA) is 94.8 Å². The summed E-state index contributed by atoms with van der Waals surface area (Å²) in [4.78, 5) is 8.77. The van der Waals surface area contributed by atoms with Crippen LogP contribution in [0.4, 0.5) is 5.82 Å².